The van der Waals surface area contributed by atoms with E-state index in [1.807, 2.05) is 38.1 Å². The monoisotopic (exact) mass is 291 g/mol. The van der Waals surface area contributed by atoms with Gasteiger partial charge in [-0.05, 0) is 55.7 Å². The van der Waals surface area contributed by atoms with Crippen LogP contribution < -0.4 is 10.5 Å². The Labute approximate surface area is 123 Å². The highest BCUT2D eigenvalue weighted by Gasteiger charge is 2.10. The van der Waals surface area contributed by atoms with Gasteiger partial charge in [0, 0.05) is 12.1 Å². The molecule has 0 amide bonds. The predicted octanol–water partition coefficient (Wildman–Crippen LogP) is 3.99. The van der Waals surface area contributed by atoms with Gasteiger partial charge in [0.2, 0.25) is 0 Å². The molecule has 0 saturated carbocycles. The minimum Gasteiger partial charge on any atom is -0.491 e. The average Bonchev–Trinajstić information content (AvgIpc) is 2.36. The molecule has 0 aliphatic carbocycles. The molecule has 0 aliphatic rings. The lowest BCUT2D eigenvalue weighted by Crippen LogP contribution is -2.14. The standard InChI is InChI=1S/C17H19F2NO/c1-11(2)21-16-5-3-4-13(9-16)17(20)8-12-6-14(18)10-15(19)7-12/h3-7,9-11,17H,8,20H2,1-2H3. The van der Waals surface area contributed by atoms with Gasteiger partial charge in [-0.3, -0.25) is 0 Å². The smallest absolute Gasteiger partial charge is 0.126 e. The Morgan fingerprint density at radius 3 is 2.33 bits per heavy atom. The Kier molecular flexibility index (Phi) is 4.91. The molecule has 0 aliphatic heterocycles. The van der Waals surface area contributed by atoms with Crippen molar-refractivity contribution in [2.24, 2.45) is 5.73 Å². The molecule has 2 aromatic rings. The first kappa shape index (κ1) is 15.4. The third-order valence-corrected chi connectivity index (χ3v) is 3.04. The van der Waals surface area contributed by atoms with Crippen LogP contribution in [0.5, 0.6) is 5.75 Å². The summed E-state index contributed by atoms with van der Waals surface area (Å²) in [7, 11) is 0. The highest BCUT2D eigenvalue weighted by atomic mass is 19.1. The van der Waals surface area contributed by atoms with Crippen LogP contribution in [0.25, 0.3) is 0 Å². The van der Waals surface area contributed by atoms with E-state index in [0.29, 0.717) is 12.0 Å². The third kappa shape index (κ3) is 4.53. The highest BCUT2D eigenvalue weighted by Crippen LogP contribution is 2.22. The van der Waals surface area contributed by atoms with Crippen molar-refractivity contribution >= 4 is 0 Å². The zero-order valence-corrected chi connectivity index (χ0v) is 12.1. The second-order valence-electron chi connectivity index (χ2n) is 5.33. The molecule has 0 fully saturated rings. The molecule has 2 aromatic carbocycles. The molecule has 0 radical (unpaired) electrons. The number of halogens is 2. The Hall–Kier alpha value is -1.94. The van der Waals surface area contributed by atoms with E-state index in [-0.39, 0.29) is 12.1 Å². The number of hydrogen-bond donors (Lipinski definition) is 1. The fraction of sp³-hybridized carbons (Fsp3) is 0.294. The largest absolute Gasteiger partial charge is 0.491 e. The molecule has 21 heavy (non-hydrogen) atoms. The van der Waals surface area contributed by atoms with Crippen LogP contribution >= 0.6 is 0 Å². The number of rotatable bonds is 5. The molecule has 2 nitrogen and oxygen atoms in total. The van der Waals surface area contributed by atoms with Crippen molar-refractivity contribution in [1.82, 2.24) is 0 Å². The SMILES string of the molecule is CC(C)Oc1cccc(C(N)Cc2cc(F)cc(F)c2)c1. The Bertz CT molecular complexity index is 593. The molecule has 112 valence electrons. The molecule has 0 aromatic heterocycles. The van der Waals surface area contributed by atoms with Gasteiger partial charge < -0.3 is 10.5 Å². The van der Waals surface area contributed by atoms with E-state index in [0.717, 1.165) is 17.4 Å². The Balaban J connectivity index is 2.14. The van der Waals surface area contributed by atoms with Crippen molar-refractivity contribution < 1.29 is 13.5 Å². The van der Waals surface area contributed by atoms with Gasteiger partial charge >= 0.3 is 0 Å². The first-order valence-electron chi connectivity index (χ1n) is 6.91. The maximum absolute atomic E-state index is 13.2. The van der Waals surface area contributed by atoms with E-state index in [2.05, 4.69) is 0 Å². The summed E-state index contributed by atoms with van der Waals surface area (Å²) in [6.07, 6.45) is 0.439. The van der Waals surface area contributed by atoms with Crippen molar-refractivity contribution in [2.75, 3.05) is 0 Å². The lowest BCUT2D eigenvalue weighted by Gasteiger charge is -2.15. The van der Waals surface area contributed by atoms with Crippen molar-refractivity contribution in [3.05, 3.63) is 65.2 Å². The molecule has 2 N–H and O–H groups in total. The van der Waals surface area contributed by atoms with E-state index in [9.17, 15) is 8.78 Å². The van der Waals surface area contributed by atoms with Crippen molar-refractivity contribution in [1.29, 1.82) is 0 Å². The summed E-state index contributed by atoms with van der Waals surface area (Å²) in [5, 5.41) is 0. The first-order valence-corrected chi connectivity index (χ1v) is 6.91. The molecule has 1 unspecified atom stereocenters. The van der Waals surface area contributed by atoms with E-state index >= 15 is 0 Å². The van der Waals surface area contributed by atoms with Crippen LogP contribution in [-0.2, 0) is 6.42 Å². The lowest BCUT2D eigenvalue weighted by molar-refractivity contribution is 0.242. The predicted molar refractivity (Wildman–Crippen MR) is 79.2 cm³/mol. The van der Waals surface area contributed by atoms with Gasteiger partial charge in [-0.25, -0.2) is 8.78 Å². The van der Waals surface area contributed by atoms with E-state index in [1.54, 1.807) is 0 Å². The lowest BCUT2D eigenvalue weighted by atomic mass is 9.99. The van der Waals surface area contributed by atoms with Gasteiger partial charge in [0.1, 0.15) is 17.4 Å². The number of nitrogens with two attached hydrogens (primary N) is 1. The molecule has 1 atom stereocenters. The summed E-state index contributed by atoms with van der Waals surface area (Å²) in [5.74, 6) is -0.438. The van der Waals surface area contributed by atoms with E-state index < -0.39 is 11.6 Å². The van der Waals surface area contributed by atoms with Gasteiger partial charge in [-0.15, -0.1) is 0 Å². The van der Waals surface area contributed by atoms with Crippen LogP contribution in [0.3, 0.4) is 0 Å². The van der Waals surface area contributed by atoms with Gasteiger partial charge in [-0.2, -0.15) is 0 Å². The first-order chi connectivity index (χ1) is 9.94. The summed E-state index contributed by atoms with van der Waals surface area (Å²) in [4.78, 5) is 0. The van der Waals surface area contributed by atoms with E-state index in [4.69, 9.17) is 10.5 Å². The number of benzene rings is 2. The van der Waals surface area contributed by atoms with Gasteiger partial charge in [0.05, 0.1) is 6.10 Å². The van der Waals surface area contributed by atoms with Gasteiger partial charge in [-0.1, -0.05) is 12.1 Å². The summed E-state index contributed by atoms with van der Waals surface area (Å²) in [6.45, 7) is 3.89. The Morgan fingerprint density at radius 1 is 1.05 bits per heavy atom. The third-order valence-electron chi connectivity index (χ3n) is 3.04. The molecule has 0 heterocycles. The normalized spacial score (nSPS) is 12.5. The fourth-order valence-corrected chi connectivity index (χ4v) is 2.19. The molecule has 0 saturated heterocycles. The molecule has 2 rings (SSSR count). The van der Waals surface area contributed by atoms with Crippen LogP contribution in [0.15, 0.2) is 42.5 Å². The molecule has 0 spiro atoms. The fourth-order valence-electron chi connectivity index (χ4n) is 2.19. The summed E-state index contributed by atoms with van der Waals surface area (Å²) < 4.78 is 32.0. The average molecular weight is 291 g/mol. The second-order valence-corrected chi connectivity index (χ2v) is 5.33. The highest BCUT2D eigenvalue weighted by molar-refractivity contribution is 5.32. The molecule has 0 bridgehead atoms. The zero-order chi connectivity index (χ0) is 15.4. The van der Waals surface area contributed by atoms with E-state index in [1.165, 1.54) is 12.1 Å². The maximum Gasteiger partial charge on any atom is 0.126 e. The van der Waals surface area contributed by atoms with Crippen LogP contribution in [-0.4, -0.2) is 6.10 Å². The van der Waals surface area contributed by atoms with Gasteiger partial charge in [0.25, 0.3) is 0 Å². The molecule has 4 heteroatoms. The van der Waals surface area contributed by atoms with Crippen LogP contribution in [0.2, 0.25) is 0 Å². The van der Waals surface area contributed by atoms with Gasteiger partial charge in [0.15, 0.2) is 0 Å². The number of ether oxygens (including phenoxy) is 1. The number of hydrogen-bond acceptors (Lipinski definition) is 2. The van der Waals surface area contributed by atoms with Crippen LogP contribution in [0.1, 0.15) is 31.0 Å². The summed E-state index contributed by atoms with van der Waals surface area (Å²) in [6, 6.07) is 10.6. The van der Waals surface area contributed by atoms with Crippen LogP contribution in [0, 0.1) is 11.6 Å². The minimum atomic E-state index is -0.589. The second kappa shape index (κ2) is 6.68. The zero-order valence-electron chi connectivity index (χ0n) is 12.1. The molecular formula is C17H19F2NO. The summed E-state index contributed by atoms with van der Waals surface area (Å²) in [5.41, 5.74) is 7.54. The summed E-state index contributed by atoms with van der Waals surface area (Å²) >= 11 is 0. The Morgan fingerprint density at radius 2 is 1.71 bits per heavy atom. The molecular weight excluding hydrogens is 272 g/mol. The van der Waals surface area contributed by atoms with Crippen molar-refractivity contribution in [3.8, 4) is 5.75 Å². The van der Waals surface area contributed by atoms with Crippen LogP contribution in [0.4, 0.5) is 8.78 Å². The van der Waals surface area contributed by atoms with Crippen molar-refractivity contribution in [3.63, 3.8) is 0 Å². The minimum absolute atomic E-state index is 0.0776. The maximum atomic E-state index is 13.2. The quantitative estimate of drug-likeness (QED) is 0.904. The topological polar surface area (TPSA) is 35.2 Å². The van der Waals surface area contributed by atoms with Crippen molar-refractivity contribution in [2.45, 2.75) is 32.4 Å².